The van der Waals surface area contributed by atoms with E-state index < -0.39 is 10.0 Å². The molecule has 0 radical (unpaired) electrons. The van der Waals surface area contributed by atoms with Crippen molar-refractivity contribution in [3.63, 3.8) is 0 Å². The Balaban J connectivity index is 2.10. The summed E-state index contributed by atoms with van der Waals surface area (Å²) in [4.78, 5) is 23.9. The van der Waals surface area contributed by atoms with E-state index in [4.69, 9.17) is 0 Å². The average Bonchev–Trinajstić information content (AvgIpc) is 2.62. The number of carbonyl (C=O) groups excluding carboxylic acids is 2. The molecule has 7 nitrogen and oxygen atoms in total. The zero-order chi connectivity index (χ0) is 19.2. The molecule has 2 aromatic rings. The number of nitrogens with one attached hydrogen (secondary N) is 3. The second-order valence-corrected chi connectivity index (χ2v) is 7.23. The lowest BCUT2D eigenvalue weighted by molar-refractivity contribution is -0.115. The van der Waals surface area contributed by atoms with Crippen LogP contribution in [0.2, 0.25) is 0 Å². The van der Waals surface area contributed by atoms with Gasteiger partial charge in [0.25, 0.3) is 5.91 Å². The highest BCUT2D eigenvalue weighted by molar-refractivity contribution is 7.89. The summed E-state index contributed by atoms with van der Waals surface area (Å²) < 4.78 is 26.2. The lowest BCUT2D eigenvalue weighted by Crippen LogP contribution is -2.23. The van der Waals surface area contributed by atoms with Crippen molar-refractivity contribution in [1.29, 1.82) is 0 Å². The van der Waals surface area contributed by atoms with Gasteiger partial charge >= 0.3 is 0 Å². The van der Waals surface area contributed by atoms with Gasteiger partial charge in [-0.25, -0.2) is 13.1 Å². The van der Waals surface area contributed by atoms with Crippen LogP contribution in [0.15, 0.2) is 53.4 Å². The minimum absolute atomic E-state index is 0.127. The third-order valence-corrected chi connectivity index (χ3v) is 5.05. The summed E-state index contributed by atoms with van der Waals surface area (Å²) in [5, 5.41) is 5.39. The quantitative estimate of drug-likeness (QED) is 0.692. The number of hydrogen-bond acceptors (Lipinski definition) is 4. The smallest absolute Gasteiger partial charge is 0.255 e. The predicted octanol–water partition coefficient (Wildman–Crippen LogP) is 2.59. The molecule has 3 N–H and O–H groups in total. The number of anilines is 2. The Kier molecular flexibility index (Phi) is 6.48. The van der Waals surface area contributed by atoms with E-state index in [1.54, 1.807) is 38.1 Å². The predicted molar refractivity (Wildman–Crippen MR) is 101 cm³/mol. The van der Waals surface area contributed by atoms with E-state index >= 15 is 0 Å². The van der Waals surface area contributed by atoms with E-state index in [1.807, 2.05) is 0 Å². The molecule has 8 heteroatoms. The summed E-state index contributed by atoms with van der Waals surface area (Å²) in [5.74, 6) is -0.500. The van der Waals surface area contributed by atoms with Crippen molar-refractivity contribution in [2.24, 2.45) is 0 Å². The molecule has 2 amide bonds. The molecule has 0 aliphatic rings. The van der Waals surface area contributed by atoms with Crippen LogP contribution in [0.5, 0.6) is 0 Å². The number of amides is 2. The molecule has 0 atom stereocenters. The molecule has 2 rings (SSSR count). The van der Waals surface area contributed by atoms with E-state index in [0.717, 1.165) is 0 Å². The van der Waals surface area contributed by atoms with Crippen LogP contribution in [0.4, 0.5) is 11.4 Å². The highest BCUT2D eigenvalue weighted by atomic mass is 32.2. The zero-order valence-corrected chi connectivity index (χ0v) is 15.4. The van der Waals surface area contributed by atoms with Crippen molar-refractivity contribution in [3.8, 4) is 0 Å². The van der Waals surface area contributed by atoms with Crippen molar-refractivity contribution in [1.82, 2.24) is 4.72 Å². The average molecular weight is 375 g/mol. The molecule has 0 aromatic heterocycles. The van der Waals surface area contributed by atoms with Crippen LogP contribution in [0.1, 0.15) is 30.6 Å². The minimum atomic E-state index is -3.53. The topological polar surface area (TPSA) is 104 Å². The third-order valence-electron chi connectivity index (χ3n) is 3.49. The minimum Gasteiger partial charge on any atom is -0.326 e. The Morgan fingerprint density at radius 1 is 0.923 bits per heavy atom. The van der Waals surface area contributed by atoms with Gasteiger partial charge < -0.3 is 10.6 Å². The first-order valence-corrected chi connectivity index (χ1v) is 9.65. The van der Waals surface area contributed by atoms with Crippen LogP contribution in [0.3, 0.4) is 0 Å². The van der Waals surface area contributed by atoms with Gasteiger partial charge in [-0.1, -0.05) is 19.9 Å². The van der Waals surface area contributed by atoms with Crippen LogP contribution in [-0.2, 0) is 14.8 Å². The van der Waals surface area contributed by atoms with Crippen LogP contribution in [0, 0.1) is 0 Å². The van der Waals surface area contributed by atoms with Crippen LogP contribution < -0.4 is 15.4 Å². The number of sulfonamides is 1. The molecule has 0 unspecified atom stereocenters. The third kappa shape index (κ3) is 5.14. The Labute approximate surface area is 152 Å². The molecule has 26 heavy (non-hydrogen) atoms. The summed E-state index contributed by atoms with van der Waals surface area (Å²) >= 11 is 0. The maximum atomic E-state index is 12.4. The summed E-state index contributed by atoms with van der Waals surface area (Å²) in [6, 6.07) is 12.5. The Morgan fingerprint density at radius 3 is 2.23 bits per heavy atom. The van der Waals surface area contributed by atoms with E-state index in [-0.39, 0.29) is 16.7 Å². The van der Waals surface area contributed by atoms with E-state index in [1.165, 1.54) is 24.3 Å². The fourth-order valence-electron chi connectivity index (χ4n) is 2.18. The van der Waals surface area contributed by atoms with Gasteiger partial charge in [0.15, 0.2) is 0 Å². The lowest BCUT2D eigenvalue weighted by atomic mass is 10.1. The van der Waals surface area contributed by atoms with Gasteiger partial charge in [0.2, 0.25) is 15.9 Å². The molecule has 0 aliphatic heterocycles. The molecule has 0 saturated carbocycles. The molecule has 0 spiro atoms. The van der Waals surface area contributed by atoms with E-state index in [9.17, 15) is 18.0 Å². The van der Waals surface area contributed by atoms with Gasteiger partial charge in [-0.15, -0.1) is 0 Å². The summed E-state index contributed by atoms with van der Waals surface area (Å²) in [6.07, 6.45) is 0.346. The number of hydrogen-bond donors (Lipinski definition) is 3. The van der Waals surface area contributed by atoms with Gasteiger partial charge in [-0.05, 0) is 42.5 Å². The van der Waals surface area contributed by atoms with Crippen molar-refractivity contribution in [3.05, 3.63) is 54.1 Å². The van der Waals surface area contributed by atoms with Gasteiger partial charge in [0, 0.05) is 29.9 Å². The second-order valence-electron chi connectivity index (χ2n) is 5.46. The van der Waals surface area contributed by atoms with Crippen molar-refractivity contribution in [2.75, 3.05) is 17.2 Å². The van der Waals surface area contributed by atoms with Gasteiger partial charge in [0.05, 0.1) is 4.90 Å². The number of carbonyl (C=O) groups is 2. The highest BCUT2D eigenvalue weighted by Crippen LogP contribution is 2.16. The second kappa shape index (κ2) is 8.59. The molecule has 0 saturated heterocycles. The monoisotopic (exact) mass is 375 g/mol. The van der Waals surface area contributed by atoms with E-state index in [2.05, 4.69) is 15.4 Å². The fraction of sp³-hybridized carbons (Fsp3) is 0.222. The molecule has 138 valence electrons. The lowest BCUT2D eigenvalue weighted by Gasteiger charge is -2.09. The van der Waals surface area contributed by atoms with Crippen molar-refractivity contribution < 1.29 is 18.0 Å². The summed E-state index contributed by atoms with van der Waals surface area (Å²) in [7, 11) is -3.53. The standard InChI is InChI=1S/C18H21N3O4S/c1-3-17(22)20-15-7-5-6-13(12-15)18(23)21-14-8-10-16(11-9-14)26(24,25)19-4-2/h5-12,19H,3-4H2,1-2H3,(H,20,22)(H,21,23). The summed E-state index contributed by atoms with van der Waals surface area (Å²) in [6.45, 7) is 3.74. The van der Waals surface area contributed by atoms with Gasteiger partial charge in [0.1, 0.15) is 0 Å². The van der Waals surface area contributed by atoms with Crippen molar-refractivity contribution >= 4 is 33.2 Å². The van der Waals surface area contributed by atoms with Crippen molar-refractivity contribution in [2.45, 2.75) is 25.2 Å². The molecule has 0 bridgehead atoms. The number of rotatable bonds is 7. The van der Waals surface area contributed by atoms with Crippen LogP contribution in [0.25, 0.3) is 0 Å². The van der Waals surface area contributed by atoms with E-state index in [0.29, 0.717) is 29.9 Å². The van der Waals surface area contributed by atoms with Gasteiger partial charge in [-0.2, -0.15) is 0 Å². The van der Waals surface area contributed by atoms with Crippen LogP contribution in [-0.4, -0.2) is 26.8 Å². The largest absolute Gasteiger partial charge is 0.326 e. The van der Waals surface area contributed by atoms with Crippen LogP contribution >= 0.6 is 0 Å². The summed E-state index contributed by atoms with van der Waals surface area (Å²) in [5.41, 5.74) is 1.38. The Bertz CT molecular complexity index is 893. The fourth-order valence-corrected chi connectivity index (χ4v) is 3.22. The Morgan fingerprint density at radius 2 is 1.62 bits per heavy atom. The molecule has 0 heterocycles. The zero-order valence-electron chi connectivity index (χ0n) is 14.6. The molecule has 0 aliphatic carbocycles. The first-order valence-electron chi connectivity index (χ1n) is 8.16. The Hall–Kier alpha value is -2.71. The number of benzene rings is 2. The normalized spacial score (nSPS) is 11.0. The molecule has 2 aromatic carbocycles. The molecular formula is C18H21N3O4S. The first-order chi connectivity index (χ1) is 12.4. The maximum Gasteiger partial charge on any atom is 0.255 e. The molecule has 0 fully saturated rings. The SMILES string of the molecule is CCNS(=O)(=O)c1ccc(NC(=O)c2cccc(NC(=O)CC)c2)cc1. The highest BCUT2D eigenvalue weighted by Gasteiger charge is 2.13. The molecular weight excluding hydrogens is 354 g/mol. The van der Waals surface area contributed by atoms with Gasteiger partial charge in [-0.3, -0.25) is 9.59 Å². The maximum absolute atomic E-state index is 12.4. The first kappa shape index (κ1) is 19.6.